The van der Waals surface area contributed by atoms with Gasteiger partial charge in [0, 0.05) is 12.5 Å². The molecule has 0 saturated heterocycles. The molecular formula is C14H18N4O. The average molecular weight is 258 g/mol. The van der Waals surface area contributed by atoms with Gasteiger partial charge in [0.2, 0.25) is 5.91 Å². The SMILES string of the molecule is C[C@H](Cn1cncn1)NC(=O)CCc1ccccc1. The Morgan fingerprint density at radius 2 is 2.16 bits per heavy atom. The summed E-state index contributed by atoms with van der Waals surface area (Å²) in [6, 6.07) is 10.1. The number of aromatic nitrogens is 3. The van der Waals surface area contributed by atoms with E-state index in [2.05, 4.69) is 15.4 Å². The Morgan fingerprint density at radius 3 is 2.84 bits per heavy atom. The van der Waals surface area contributed by atoms with Crippen molar-refractivity contribution in [3.63, 3.8) is 0 Å². The van der Waals surface area contributed by atoms with E-state index in [4.69, 9.17) is 0 Å². The van der Waals surface area contributed by atoms with Crippen LogP contribution in [0.5, 0.6) is 0 Å². The molecule has 1 atom stereocenters. The summed E-state index contributed by atoms with van der Waals surface area (Å²) in [6.07, 6.45) is 4.41. The number of aryl methyl sites for hydroxylation is 1. The lowest BCUT2D eigenvalue weighted by Gasteiger charge is -2.13. The predicted octanol–water partition coefficient (Wildman–Crippen LogP) is 1.42. The van der Waals surface area contributed by atoms with Gasteiger partial charge in [-0.15, -0.1) is 0 Å². The average Bonchev–Trinajstić information content (AvgIpc) is 2.90. The van der Waals surface area contributed by atoms with Gasteiger partial charge < -0.3 is 5.32 Å². The molecule has 0 aliphatic heterocycles. The van der Waals surface area contributed by atoms with E-state index in [0.717, 1.165) is 6.42 Å². The number of carbonyl (C=O) groups is 1. The molecule has 0 unspecified atom stereocenters. The van der Waals surface area contributed by atoms with Crippen LogP contribution in [0.4, 0.5) is 0 Å². The molecular weight excluding hydrogens is 240 g/mol. The summed E-state index contributed by atoms with van der Waals surface area (Å²) in [5, 5.41) is 6.97. The van der Waals surface area contributed by atoms with Crippen molar-refractivity contribution in [3.05, 3.63) is 48.5 Å². The predicted molar refractivity (Wildman–Crippen MR) is 72.4 cm³/mol. The molecule has 5 heteroatoms. The molecule has 0 bridgehead atoms. The second-order valence-electron chi connectivity index (χ2n) is 4.57. The second kappa shape index (κ2) is 6.68. The quantitative estimate of drug-likeness (QED) is 0.852. The Labute approximate surface area is 112 Å². The van der Waals surface area contributed by atoms with Crippen LogP contribution in [0.1, 0.15) is 18.9 Å². The minimum Gasteiger partial charge on any atom is -0.352 e. The Balaban J connectivity index is 1.72. The Morgan fingerprint density at radius 1 is 1.37 bits per heavy atom. The maximum atomic E-state index is 11.8. The highest BCUT2D eigenvalue weighted by Crippen LogP contribution is 2.02. The molecule has 19 heavy (non-hydrogen) atoms. The number of benzene rings is 1. The zero-order chi connectivity index (χ0) is 13.5. The van der Waals surface area contributed by atoms with Crippen molar-refractivity contribution < 1.29 is 4.79 Å². The first-order valence-electron chi connectivity index (χ1n) is 6.40. The third kappa shape index (κ3) is 4.54. The highest BCUT2D eigenvalue weighted by atomic mass is 16.1. The molecule has 1 N–H and O–H groups in total. The van der Waals surface area contributed by atoms with Crippen LogP contribution in [0.2, 0.25) is 0 Å². The Bertz CT molecular complexity index is 495. The molecule has 2 rings (SSSR count). The highest BCUT2D eigenvalue weighted by Gasteiger charge is 2.08. The van der Waals surface area contributed by atoms with E-state index in [1.54, 1.807) is 11.0 Å². The number of nitrogens with one attached hydrogen (secondary N) is 1. The van der Waals surface area contributed by atoms with Gasteiger partial charge in [-0.2, -0.15) is 5.10 Å². The lowest BCUT2D eigenvalue weighted by atomic mass is 10.1. The first-order chi connectivity index (χ1) is 9.24. The van der Waals surface area contributed by atoms with Crippen molar-refractivity contribution in [1.29, 1.82) is 0 Å². The normalized spacial score (nSPS) is 12.1. The number of carbonyl (C=O) groups excluding carboxylic acids is 1. The van der Waals surface area contributed by atoms with Gasteiger partial charge >= 0.3 is 0 Å². The largest absolute Gasteiger partial charge is 0.352 e. The molecule has 1 amide bonds. The van der Waals surface area contributed by atoms with E-state index in [1.807, 2.05) is 37.3 Å². The summed E-state index contributed by atoms with van der Waals surface area (Å²) in [5.74, 6) is 0.0662. The summed E-state index contributed by atoms with van der Waals surface area (Å²) < 4.78 is 1.71. The third-order valence-corrected chi connectivity index (χ3v) is 2.82. The lowest BCUT2D eigenvalue weighted by molar-refractivity contribution is -0.121. The van der Waals surface area contributed by atoms with E-state index < -0.39 is 0 Å². The van der Waals surface area contributed by atoms with Gasteiger partial charge in [-0.25, -0.2) is 4.98 Å². The van der Waals surface area contributed by atoms with Crippen LogP contribution in [0, 0.1) is 0 Å². The number of rotatable bonds is 6. The van der Waals surface area contributed by atoms with E-state index >= 15 is 0 Å². The van der Waals surface area contributed by atoms with Crippen LogP contribution in [0.25, 0.3) is 0 Å². The van der Waals surface area contributed by atoms with Crippen molar-refractivity contribution in [2.75, 3.05) is 0 Å². The fourth-order valence-electron chi connectivity index (χ4n) is 1.90. The molecule has 0 saturated carbocycles. The molecule has 0 spiro atoms. The highest BCUT2D eigenvalue weighted by molar-refractivity contribution is 5.76. The lowest BCUT2D eigenvalue weighted by Crippen LogP contribution is -2.35. The van der Waals surface area contributed by atoms with Crippen molar-refractivity contribution in [2.24, 2.45) is 0 Å². The monoisotopic (exact) mass is 258 g/mol. The number of nitrogens with zero attached hydrogens (tertiary/aromatic N) is 3. The summed E-state index contributed by atoms with van der Waals surface area (Å²) in [5.41, 5.74) is 1.18. The van der Waals surface area contributed by atoms with Crippen LogP contribution in [0.15, 0.2) is 43.0 Å². The zero-order valence-corrected chi connectivity index (χ0v) is 11.0. The van der Waals surface area contributed by atoms with Gasteiger partial charge in [0.1, 0.15) is 12.7 Å². The van der Waals surface area contributed by atoms with Crippen molar-refractivity contribution in [3.8, 4) is 0 Å². The third-order valence-electron chi connectivity index (χ3n) is 2.82. The van der Waals surface area contributed by atoms with Crippen LogP contribution >= 0.6 is 0 Å². The maximum absolute atomic E-state index is 11.8. The van der Waals surface area contributed by atoms with E-state index in [0.29, 0.717) is 13.0 Å². The van der Waals surface area contributed by atoms with Gasteiger partial charge in [0.15, 0.2) is 0 Å². The molecule has 100 valence electrons. The molecule has 5 nitrogen and oxygen atoms in total. The summed E-state index contributed by atoms with van der Waals surface area (Å²) >= 11 is 0. The summed E-state index contributed by atoms with van der Waals surface area (Å²) in [6.45, 7) is 2.60. The van der Waals surface area contributed by atoms with Gasteiger partial charge in [0.25, 0.3) is 0 Å². The van der Waals surface area contributed by atoms with Crippen molar-refractivity contribution in [2.45, 2.75) is 32.4 Å². The first kappa shape index (κ1) is 13.3. The van der Waals surface area contributed by atoms with Gasteiger partial charge in [-0.3, -0.25) is 9.48 Å². The van der Waals surface area contributed by atoms with E-state index in [9.17, 15) is 4.79 Å². The number of hydrogen-bond acceptors (Lipinski definition) is 3. The van der Waals surface area contributed by atoms with Crippen molar-refractivity contribution in [1.82, 2.24) is 20.1 Å². The molecule has 1 aromatic carbocycles. The fourth-order valence-corrected chi connectivity index (χ4v) is 1.90. The molecule has 1 aromatic heterocycles. The standard InChI is InChI=1S/C14H18N4O/c1-12(9-18-11-15-10-16-18)17-14(19)8-7-13-5-3-2-4-6-13/h2-6,10-12H,7-9H2,1H3,(H,17,19)/t12-/m1/s1. The van der Waals surface area contributed by atoms with Crippen LogP contribution in [-0.2, 0) is 17.8 Å². The molecule has 0 radical (unpaired) electrons. The minimum atomic E-state index is 0.0463. The minimum absolute atomic E-state index is 0.0463. The smallest absolute Gasteiger partial charge is 0.220 e. The second-order valence-corrected chi connectivity index (χ2v) is 4.57. The first-order valence-corrected chi connectivity index (χ1v) is 6.40. The molecule has 0 aliphatic rings. The molecule has 2 aromatic rings. The summed E-state index contributed by atoms with van der Waals surface area (Å²) in [4.78, 5) is 15.7. The van der Waals surface area contributed by atoms with E-state index in [1.165, 1.54) is 11.9 Å². The number of amides is 1. The Kier molecular flexibility index (Phi) is 4.66. The molecule has 0 aliphatic carbocycles. The molecule has 0 fully saturated rings. The van der Waals surface area contributed by atoms with E-state index in [-0.39, 0.29) is 11.9 Å². The van der Waals surface area contributed by atoms with Gasteiger partial charge in [0.05, 0.1) is 6.54 Å². The fraction of sp³-hybridized carbons (Fsp3) is 0.357. The van der Waals surface area contributed by atoms with Crippen LogP contribution in [-0.4, -0.2) is 26.7 Å². The molecule has 1 heterocycles. The topological polar surface area (TPSA) is 59.8 Å². The Hall–Kier alpha value is -2.17. The zero-order valence-electron chi connectivity index (χ0n) is 11.0. The van der Waals surface area contributed by atoms with Gasteiger partial charge in [-0.1, -0.05) is 30.3 Å². The van der Waals surface area contributed by atoms with Crippen LogP contribution < -0.4 is 5.32 Å². The number of hydrogen-bond donors (Lipinski definition) is 1. The van der Waals surface area contributed by atoms with Crippen LogP contribution in [0.3, 0.4) is 0 Å². The van der Waals surface area contributed by atoms with Crippen molar-refractivity contribution >= 4 is 5.91 Å². The summed E-state index contributed by atoms with van der Waals surface area (Å²) in [7, 11) is 0. The van der Waals surface area contributed by atoms with Gasteiger partial charge in [-0.05, 0) is 18.9 Å². The maximum Gasteiger partial charge on any atom is 0.220 e.